The molecule has 1 aliphatic carbocycles. The molecule has 1 heterocycles. The maximum atomic E-state index is 13.8. The number of anilines is 3. The van der Waals surface area contributed by atoms with Crippen LogP contribution in [-0.2, 0) is 10.2 Å². The van der Waals surface area contributed by atoms with Crippen LogP contribution in [0.4, 0.5) is 21.5 Å². The van der Waals surface area contributed by atoms with Crippen molar-refractivity contribution in [2.24, 2.45) is 0 Å². The van der Waals surface area contributed by atoms with Crippen LogP contribution in [0.3, 0.4) is 0 Å². The predicted molar refractivity (Wildman–Crippen MR) is 75.3 cm³/mol. The highest BCUT2D eigenvalue weighted by Gasteiger charge is 2.59. The van der Waals surface area contributed by atoms with Crippen LogP contribution in [0.25, 0.3) is 0 Å². The average Bonchev–Trinajstić information content (AvgIpc) is 3.21. The Kier molecular flexibility index (Phi) is 2.06. The number of hydrogen-bond acceptors (Lipinski definition) is 2. The van der Waals surface area contributed by atoms with Crippen LogP contribution in [0.2, 0.25) is 0 Å². The van der Waals surface area contributed by atoms with Crippen molar-refractivity contribution in [3.63, 3.8) is 0 Å². The van der Waals surface area contributed by atoms with Crippen LogP contribution in [0.5, 0.6) is 0 Å². The summed E-state index contributed by atoms with van der Waals surface area (Å²) in [7, 11) is 0. The summed E-state index contributed by atoms with van der Waals surface area (Å²) in [6.07, 6.45) is 1.63. The second-order valence-electron chi connectivity index (χ2n) is 5.45. The molecule has 100 valence electrons. The monoisotopic (exact) mass is 268 g/mol. The van der Waals surface area contributed by atoms with Gasteiger partial charge in [-0.25, -0.2) is 4.39 Å². The molecule has 0 unspecified atom stereocenters. The van der Waals surface area contributed by atoms with E-state index in [4.69, 9.17) is 5.73 Å². The molecule has 20 heavy (non-hydrogen) atoms. The average molecular weight is 268 g/mol. The van der Waals surface area contributed by atoms with Gasteiger partial charge in [0.05, 0.1) is 16.8 Å². The molecular weight excluding hydrogens is 255 g/mol. The molecule has 1 saturated carbocycles. The van der Waals surface area contributed by atoms with Crippen molar-refractivity contribution in [2.45, 2.75) is 18.3 Å². The van der Waals surface area contributed by atoms with Crippen LogP contribution >= 0.6 is 0 Å². The van der Waals surface area contributed by atoms with Gasteiger partial charge in [-0.3, -0.25) is 9.69 Å². The van der Waals surface area contributed by atoms with Crippen LogP contribution in [0.1, 0.15) is 18.4 Å². The smallest absolute Gasteiger partial charge is 0.242 e. The molecule has 1 amide bonds. The second kappa shape index (κ2) is 3.60. The van der Waals surface area contributed by atoms with Crippen molar-refractivity contribution in [1.82, 2.24) is 0 Å². The molecular formula is C16H13FN2O. The lowest BCUT2D eigenvalue weighted by molar-refractivity contribution is -0.119. The number of benzene rings is 2. The standard InChI is InChI=1S/C16H13FN2O/c17-12-9-14-11(8-13(12)18)16(6-7-16)15(20)19(14)10-4-2-1-3-5-10/h1-5,8-9H,6-7,18H2. The highest BCUT2D eigenvalue weighted by atomic mass is 19.1. The molecule has 2 aromatic carbocycles. The molecule has 2 N–H and O–H groups in total. The van der Waals surface area contributed by atoms with Crippen molar-refractivity contribution >= 4 is 23.0 Å². The minimum Gasteiger partial charge on any atom is -0.396 e. The zero-order valence-electron chi connectivity index (χ0n) is 10.8. The first-order valence-electron chi connectivity index (χ1n) is 6.63. The summed E-state index contributed by atoms with van der Waals surface area (Å²) in [5, 5.41) is 0. The molecule has 3 nitrogen and oxygen atoms in total. The summed E-state index contributed by atoms with van der Waals surface area (Å²) in [6, 6.07) is 12.3. The highest BCUT2D eigenvalue weighted by molar-refractivity contribution is 6.14. The zero-order valence-corrected chi connectivity index (χ0v) is 10.8. The second-order valence-corrected chi connectivity index (χ2v) is 5.45. The normalized spacial score (nSPS) is 18.4. The third kappa shape index (κ3) is 1.31. The van der Waals surface area contributed by atoms with Gasteiger partial charge < -0.3 is 5.73 Å². The van der Waals surface area contributed by atoms with Crippen molar-refractivity contribution in [1.29, 1.82) is 0 Å². The van der Waals surface area contributed by atoms with Crippen LogP contribution in [-0.4, -0.2) is 5.91 Å². The molecule has 0 bridgehead atoms. The van der Waals surface area contributed by atoms with E-state index < -0.39 is 11.2 Å². The molecule has 0 saturated heterocycles. The SMILES string of the molecule is Nc1cc2c(cc1F)N(c1ccccc1)C(=O)C21CC1. The molecule has 0 aromatic heterocycles. The van der Waals surface area contributed by atoms with Crippen LogP contribution in [0.15, 0.2) is 42.5 Å². The Hall–Kier alpha value is -2.36. The van der Waals surface area contributed by atoms with Gasteiger partial charge in [0.1, 0.15) is 5.82 Å². The quantitative estimate of drug-likeness (QED) is 0.808. The minimum atomic E-state index is -0.477. The van der Waals surface area contributed by atoms with E-state index in [1.54, 1.807) is 11.0 Å². The van der Waals surface area contributed by atoms with Crippen molar-refractivity contribution in [2.75, 3.05) is 10.6 Å². The van der Waals surface area contributed by atoms with Crippen molar-refractivity contribution in [3.8, 4) is 0 Å². The molecule has 0 atom stereocenters. The fourth-order valence-electron chi connectivity index (χ4n) is 3.03. The fraction of sp³-hybridized carbons (Fsp3) is 0.188. The molecule has 1 spiro atoms. The molecule has 1 fully saturated rings. The molecule has 2 aromatic rings. The highest BCUT2D eigenvalue weighted by Crippen LogP contribution is 2.59. The number of nitrogens with two attached hydrogens (primary N) is 1. The summed E-state index contributed by atoms with van der Waals surface area (Å²) in [6.45, 7) is 0. The van der Waals surface area contributed by atoms with Gasteiger partial charge in [-0.1, -0.05) is 18.2 Å². The fourth-order valence-corrected chi connectivity index (χ4v) is 3.03. The largest absolute Gasteiger partial charge is 0.396 e. The van der Waals surface area contributed by atoms with Gasteiger partial charge in [0, 0.05) is 11.8 Å². The summed E-state index contributed by atoms with van der Waals surface area (Å²) < 4.78 is 13.8. The van der Waals surface area contributed by atoms with E-state index in [1.807, 2.05) is 30.3 Å². The first-order chi connectivity index (χ1) is 9.63. The summed E-state index contributed by atoms with van der Waals surface area (Å²) >= 11 is 0. The van der Waals surface area contributed by atoms with Gasteiger partial charge in [0.15, 0.2) is 0 Å². The van der Waals surface area contributed by atoms with Gasteiger partial charge in [-0.15, -0.1) is 0 Å². The third-order valence-electron chi connectivity index (χ3n) is 4.25. The Morgan fingerprint density at radius 1 is 1.15 bits per heavy atom. The number of nitrogens with zero attached hydrogens (tertiary/aromatic N) is 1. The predicted octanol–water partition coefficient (Wildman–Crippen LogP) is 3.12. The lowest BCUT2D eigenvalue weighted by atomic mass is 9.97. The molecule has 2 aliphatic rings. The lowest BCUT2D eigenvalue weighted by Gasteiger charge is -2.18. The van der Waals surface area contributed by atoms with Gasteiger partial charge >= 0.3 is 0 Å². The summed E-state index contributed by atoms with van der Waals surface area (Å²) in [5.74, 6) is -0.445. The van der Waals surface area contributed by atoms with E-state index in [1.165, 1.54) is 6.07 Å². The molecule has 4 heteroatoms. The Bertz CT molecular complexity index is 723. The third-order valence-corrected chi connectivity index (χ3v) is 4.25. The number of carbonyl (C=O) groups excluding carboxylic acids is 1. The Morgan fingerprint density at radius 2 is 1.85 bits per heavy atom. The molecule has 1 aliphatic heterocycles. The number of hydrogen-bond donors (Lipinski definition) is 1. The van der Waals surface area contributed by atoms with Crippen LogP contribution < -0.4 is 10.6 Å². The maximum Gasteiger partial charge on any atom is 0.242 e. The number of halogens is 1. The summed E-state index contributed by atoms with van der Waals surface area (Å²) in [5.41, 5.74) is 7.58. The number of para-hydroxylation sites is 1. The zero-order chi connectivity index (χ0) is 13.9. The minimum absolute atomic E-state index is 0.0312. The van der Waals surface area contributed by atoms with Gasteiger partial charge in [0.2, 0.25) is 5.91 Å². The Labute approximate surface area is 115 Å². The number of carbonyl (C=O) groups is 1. The van der Waals surface area contributed by atoms with Crippen molar-refractivity contribution in [3.05, 3.63) is 53.8 Å². The van der Waals surface area contributed by atoms with E-state index in [9.17, 15) is 9.18 Å². The van der Waals surface area contributed by atoms with Gasteiger partial charge in [0.25, 0.3) is 0 Å². The van der Waals surface area contributed by atoms with Gasteiger partial charge in [-0.05, 0) is 36.6 Å². The van der Waals surface area contributed by atoms with E-state index in [0.717, 1.165) is 24.1 Å². The Morgan fingerprint density at radius 3 is 2.50 bits per heavy atom. The topological polar surface area (TPSA) is 46.3 Å². The molecule has 0 radical (unpaired) electrons. The first-order valence-corrected chi connectivity index (χ1v) is 6.63. The first kappa shape index (κ1) is 11.5. The van der Waals surface area contributed by atoms with E-state index >= 15 is 0 Å². The number of amides is 1. The van der Waals surface area contributed by atoms with E-state index in [-0.39, 0.29) is 11.6 Å². The Balaban J connectivity index is 1.96. The van der Waals surface area contributed by atoms with Crippen molar-refractivity contribution < 1.29 is 9.18 Å². The lowest BCUT2D eigenvalue weighted by Crippen LogP contribution is -2.27. The summed E-state index contributed by atoms with van der Waals surface area (Å²) in [4.78, 5) is 14.3. The number of nitrogen functional groups attached to an aromatic ring is 1. The molecule has 4 rings (SSSR count). The number of rotatable bonds is 1. The van der Waals surface area contributed by atoms with Crippen LogP contribution in [0, 0.1) is 5.82 Å². The van der Waals surface area contributed by atoms with E-state index in [0.29, 0.717) is 5.69 Å². The van der Waals surface area contributed by atoms with Gasteiger partial charge in [-0.2, -0.15) is 0 Å². The maximum absolute atomic E-state index is 13.8. The number of fused-ring (bicyclic) bond motifs is 2. The van der Waals surface area contributed by atoms with E-state index in [2.05, 4.69) is 0 Å².